The SMILES string of the molecule is COCCC(N)C(=O)NCC(C)(C)C#N. The fraction of sp³-hybridized carbons (Fsp3) is 0.800. The van der Waals surface area contributed by atoms with Gasteiger partial charge in [-0.3, -0.25) is 4.79 Å². The van der Waals surface area contributed by atoms with E-state index in [0.717, 1.165) is 0 Å². The Bertz CT molecular complexity index is 246. The average molecular weight is 213 g/mol. The summed E-state index contributed by atoms with van der Waals surface area (Å²) in [6, 6.07) is 1.53. The lowest BCUT2D eigenvalue weighted by Gasteiger charge is -2.18. The second-order valence-corrected chi connectivity index (χ2v) is 4.10. The van der Waals surface area contributed by atoms with Gasteiger partial charge in [-0.2, -0.15) is 5.26 Å². The second kappa shape index (κ2) is 6.38. The Morgan fingerprint density at radius 2 is 2.27 bits per heavy atom. The van der Waals surface area contributed by atoms with E-state index in [2.05, 4.69) is 11.4 Å². The molecule has 5 nitrogen and oxygen atoms in total. The van der Waals surface area contributed by atoms with Gasteiger partial charge in [-0.25, -0.2) is 0 Å². The zero-order chi connectivity index (χ0) is 11.9. The summed E-state index contributed by atoms with van der Waals surface area (Å²) in [6.45, 7) is 4.28. The number of hydrogen-bond donors (Lipinski definition) is 2. The number of methoxy groups -OCH3 is 1. The highest BCUT2D eigenvalue weighted by Crippen LogP contribution is 2.10. The van der Waals surface area contributed by atoms with Crippen LogP contribution in [0.5, 0.6) is 0 Å². The van der Waals surface area contributed by atoms with Crippen molar-refractivity contribution in [2.45, 2.75) is 26.3 Å². The standard InChI is InChI=1S/C10H19N3O2/c1-10(2,6-11)7-13-9(14)8(12)4-5-15-3/h8H,4-5,7,12H2,1-3H3,(H,13,14). The molecule has 0 radical (unpaired) electrons. The lowest BCUT2D eigenvalue weighted by atomic mass is 9.96. The van der Waals surface area contributed by atoms with Crippen LogP contribution in [0.1, 0.15) is 20.3 Å². The minimum atomic E-state index is -0.570. The summed E-state index contributed by atoms with van der Waals surface area (Å²) >= 11 is 0. The van der Waals surface area contributed by atoms with E-state index in [1.54, 1.807) is 21.0 Å². The van der Waals surface area contributed by atoms with E-state index in [1.807, 2.05) is 0 Å². The molecule has 0 heterocycles. The maximum Gasteiger partial charge on any atom is 0.237 e. The van der Waals surface area contributed by atoms with Gasteiger partial charge in [-0.15, -0.1) is 0 Å². The topological polar surface area (TPSA) is 88.1 Å². The molecule has 0 aromatic carbocycles. The Morgan fingerprint density at radius 3 is 2.73 bits per heavy atom. The lowest BCUT2D eigenvalue weighted by molar-refractivity contribution is -0.123. The zero-order valence-corrected chi connectivity index (χ0v) is 9.54. The molecule has 86 valence electrons. The van der Waals surface area contributed by atoms with Crippen molar-refractivity contribution in [3.05, 3.63) is 0 Å². The Morgan fingerprint density at radius 1 is 1.67 bits per heavy atom. The predicted molar refractivity (Wildman–Crippen MR) is 56.9 cm³/mol. The molecule has 0 saturated carbocycles. The molecule has 1 unspecified atom stereocenters. The van der Waals surface area contributed by atoms with Crippen molar-refractivity contribution in [1.82, 2.24) is 5.32 Å². The fourth-order valence-electron chi connectivity index (χ4n) is 0.855. The van der Waals surface area contributed by atoms with Gasteiger partial charge >= 0.3 is 0 Å². The van der Waals surface area contributed by atoms with Crippen LogP contribution in [-0.4, -0.2) is 32.2 Å². The lowest BCUT2D eigenvalue weighted by Crippen LogP contribution is -2.44. The van der Waals surface area contributed by atoms with Crippen LogP contribution in [0, 0.1) is 16.7 Å². The normalized spacial score (nSPS) is 13.0. The quantitative estimate of drug-likeness (QED) is 0.651. The summed E-state index contributed by atoms with van der Waals surface area (Å²) in [5.74, 6) is -0.240. The van der Waals surface area contributed by atoms with Crippen molar-refractivity contribution >= 4 is 5.91 Å². The smallest absolute Gasteiger partial charge is 0.237 e. The molecular formula is C10H19N3O2. The van der Waals surface area contributed by atoms with Crippen molar-refractivity contribution in [3.8, 4) is 6.07 Å². The van der Waals surface area contributed by atoms with Gasteiger partial charge in [0.1, 0.15) is 0 Å². The molecule has 0 aromatic heterocycles. The molecule has 3 N–H and O–H groups in total. The summed E-state index contributed by atoms with van der Waals surface area (Å²) < 4.78 is 4.82. The third kappa shape index (κ3) is 6.05. The van der Waals surface area contributed by atoms with Crippen LogP contribution >= 0.6 is 0 Å². The van der Waals surface area contributed by atoms with Gasteiger partial charge in [0.05, 0.1) is 17.5 Å². The Balaban J connectivity index is 3.89. The molecule has 5 heteroatoms. The number of amides is 1. The van der Waals surface area contributed by atoms with Crippen LogP contribution in [0.4, 0.5) is 0 Å². The van der Waals surface area contributed by atoms with Crippen LogP contribution < -0.4 is 11.1 Å². The molecule has 1 amide bonds. The number of rotatable bonds is 6. The number of nitrogens with one attached hydrogen (secondary N) is 1. The molecule has 0 saturated heterocycles. The summed E-state index contributed by atoms with van der Waals surface area (Å²) in [5.41, 5.74) is 5.04. The van der Waals surface area contributed by atoms with Crippen LogP contribution in [0.2, 0.25) is 0 Å². The minimum absolute atomic E-state index is 0.240. The minimum Gasteiger partial charge on any atom is -0.385 e. The van der Waals surface area contributed by atoms with E-state index < -0.39 is 11.5 Å². The third-order valence-electron chi connectivity index (χ3n) is 1.98. The van der Waals surface area contributed by atoms with Gasteiger partial charge in [0.15, 0.2) is 0 Å². The number of carbonyl (C=O) groups is 1. The largest absolute Gasteiger partial charge is 0.385 e. The summed E-state index contributed by atoms with van der Waals surface area (Å²) in [6.07, 6.45) is 0.481. The Hall–Kier alpha value is -1.12. The molecule has 0 fully saturated rings. The molecule has 0 aromatic rings. The second-order valence-electron chi connectivity index (χ2n) is 4.10. The van der Waals surface area contributed by atoms with Crippen LogP contribution in [0.3, 0.4) is 0 Å². The van der Waals surface area contributed by atoms with E-state index in [-0.39, 0.29) is 5.91 Å². The average Bonchev–Trinajstić information content (AvgIpc) is 2.22. The van der Waals surface area contributed by atoms with Gasteiger partial charge in [-0.05, 0) is 20.3 Å². The Kier molecular flexibility index (Phi) is 5.90. The fourth-order valence-corrected chi connectivity index (χ4v) is 0.855. The first-order chi connectivity index (χ1) is 6.93. The number of carbonyl (C=O) groups excluding carboxylic acids is 1. The molecule has 0 spiro atoms. The number of nitrogens with two attached hydrogens (primary N) is 1. The molecule has 0 aliphatic heterocycles. The molecule has 1 atom stereocenters. The van der Waals surface area contributed by atoms with Crippen molar-refractivity contribution in [3.63, 3.8) is 0 Å². The van der Waals surface area contributed by atoms with E-state index in [0.29, 0.717) is 19.6 Å². The number of nitriles is 1. The van der Waals surface area contributed by atoms with E-state index >= 15 is 0 Å². The zero-order valence-electron chi connectivity index (χ0n) is 9.54. The first-order valence-electron chi connectivity index (χ1n) is 4.86. The molecule has 15 heavy (non-hydrogen) atoms. The van der Waals surface area contributed by atoms with Gasteiger partial charge in [-0.1, -0.05) is 0 Å². The van der Waals surface area contributed by atoms with Crippen LogP contribution in [0.25, 0.3) is 0 Å². The maximum absolute atomic E-state index is 11.4. The molecule has 0 bridgehead atoms. The van der Waals surface area contributed by atoms with Gasteiger partial charge in [0.25, 0.3) is 0 Å². The number of hydrogen-bond acceptors (Lipinski definition) is 4. The van der Waals surface area contributed by atoms with Crippen molar-refractivity contribution in [2.24, 2.45) is 11.1 Å². The van der Waals surface area contributed by atoms with Gasteiger partial charge < -0.3 is 15.8 Å². The highest BCUT2D eigenvalue weighted by molar-refractivity contribution is 5.81. The Labute approximate surface area is 90.6 Å². The molecule has 0 aliphatic carbocycles. The van der Waals surface area contributed by atoms with Gasteiger partial charge in [0.2, 0.25) is 5.91 Å². The van der Waals surface area contributed by atoms with Crippen LogP contribution in [-0.2, 0) is 9.53 Å². The monoisotopic (exact) mass is 213 g/mol. The maximum atomic E-state index is 11.4. The van der Waals surface area contributed by atoms with E-state index in [4.69, 9.17) is 15.7 Å². The first kappa shape index (κ1) is 13.9. The summed E-state index contributed by atoms with van der Waals surface area (Å²) in [4.78, 5) is 11.4. The summed E-state index contributed by atoms with van der Waals surface area (Å²) in [5, 5.41) is 11.4. The highest BCUT2D eigenvalue weighted by atomic mass is 16.5. The van der Waals surface area contributed by atoms with Gasteiger partial charge in [0, 0.05) is 20.3 Å². The van der Waals surface area contributed by atoms with Crippen molar-refractivity contribution < 1.29 is 9.53 Å². The first-order valence-corrected chi connectivity index (χ1v) is 4.86. The highest BCUT2D eigenvalue weighted by Gasteiger charge is 2.20. The number of nitrogens with zero attached hydrogens (tertiary/aromatic N) is 1. The molecule has 0 rings (SSSR count). The predicted octanol–water partition coefficient (Wildman–Crippen LogP) is 0.0162. The summed E-state index contributed by atoms with van der Waals surface area (Å²) in [7, 11) is 1.56. The van der Waals surface area contributed by atoms with E-state index in [9.17, 15) is 4.79 Å². The van der Waals surface area contributed by atoms with Crippen molar-refractivity contribution in [2.75, 3.05) is 20.3 Å². The van der Waals surface area contributed by atoms with Crippen LogP contribution in [0.15, 0.2) is 0 Å². The van der Waals surface area contributed by atoms with Crippen molar-refractivity contribution in [1.29, 1.82) is 5.26 Å². The number of ether oxygens (including phenoxy) is 1. The third-order valence-corrected chi connectivity index (χ3v) is 1.98. The molecule has 0 aliphatic rings. The van der Waals surface area contributed by atoms with E-state index in [1.165, 1.54) is 0 Å². The molecular weight excluding hydrogens is 194 g/mol.